The number of carbonyl (C=O) groups is 1. The summed E-state index contributed by atoms with van der Waals surface area (Å²) in [6.45, 7) is 1.91. The van der Waals surface area contributed by atoms with Crippen LogP contribution in [0.3, 0.4) is 0 Å². The van der Waals surface area contributed by atoms with Crippen LogP contribution in [0, 0.1) is 10.1 Å². The standard InChI is InChI=1S/C19H16N2O4/c1-13-14(11-15-5-2-3-8-18(15)25-13)9-10-19(22)20-16-6-4-7-17(12-16)21(23)24/h2-13H,1H3,(H,20,22)/b10-9+. The van der Waals surface area contributed by atoms with Crippen molar-refractivity contribution in [1.29, 1.82) is 0 Å². The second kappa shape index (κ2) is 7.00. The van der Waals surface area contributed by atoms with Crippen LogP contribution in [0.5, 0.6) is 5.75 Å². The molecular formula is C19H16N2O4. The molecule has 1 aliphatic rings. The maximum atomic E-state index is 12.1. The molecule has 1 aliphatic heterocycles. The number of rotatable bonds is 4. The third kappa shape index (κ3) is 3.92. The minimum absolute atomic E-state index is 0.0737. The van der Waals surface area contributed by atoms with Crippen LogP contribution in [0.4, 0.5) is 11.4 Å². The molecule has 1 atom stereocenters. The number of non-ortho nitro benzene ring substituents is 1. The average Bonchev–Trinajstić information content (AvgIpc) is 2.60. The summed E-state index contributed by atoms with van der Waals surface area (Å²) >= 11 is 0. The van der Waals surface area contributed by atoms with Crippen molar-refractivity contribution in [2.75, 3.05) is 5.32 Å². The van der Waals surface area contributed by atoms with E-state index in [0.29, 0.717) is 5.69 Å². The maximum Gasteiger partial charge on any atom is 0.271 e. The molecule has 2 aromatic rings. The Morgan fingerprint density at radius 3 is 2.84 bits per heavy atom. The quantitative estimate of drug-likeness (QED) is 0.520. The Labute approximate surface area is 144 Å². The van der Waals surface area contributed by atoms with Gasteiger partial charge in [0.25, 0.3) is 5.69 Å². The number of benzene rings is 2. The van der Waals surface area contributed by atoms with Crippen LogP contribution in [-0.4, -0.2) is 16.9 Å². The van der Waals surface area contributed by atoms with Crippen LogP contribution >= 0.6 is 0 Å². The number of hydrogen-bond donors (Lipinski definition) is 1. The Morgan fingerprint density at radius 1 is 1.24 bits per heavy atom. The zero-order valence-electron chi connectivity index (χ0n) is 13.5. The minimum atomic E-state index is -0.505. The number of ether oxygens (including phenoxy) is 1. The molecular weight excluding hydrogens is 320 g/mol. The molecule has 0 aromatic heterocycles. The molecule has 6 heteroatoms. The zero-order valence-corrected chi connectivity index (χ0v) is 13.5. The summed E-state index contributed by atoms with van der Waals surface area (Å²) < 4.78 is 5.81. The molecule has 1 amide bonds. The molecule has 0 saturated carbocycles. The number of carbonyl (C=O) groups excluding carboxylic acids is 1. The van der Waals surface area contributed by atoms with Gasteiger partial charge in [-0.2, -0.15) is 0 Å². The first-order chi connectivity index (χ1) is 12.0. The Bertz CT molecular complexity index is 886. The average molecular weight is 336 g/mol. The van der Waals surface area contributed by atoms with Crippen molar-refractivity contribution in [2.45, 2.75) is 13.0 Å². The molecule has 0 radical (unpaired) electrons. The van der Waals surface area contributed by atoms with Gasteiger partial charge in [-0.15, -0.1) is 0 Å². The molecule has 1 heterocycles. The fraction of sp³-hybridized carbons (Fsp3) is 0.105. The first kappa shape index (κ1) is 16.4. The first-order valence-electron chi connectivity index (χ1n) is 7.74. The van der Waals surface area contributed by atoms with Crippen LogP contribution in [0.15, 0.2) is 66.3 Å². The van der Waals surface area contributed by atoms with Gasteiger partial charge in [-0.1, -0.05) is 24.3 Å². The van der Waals surface area contributed by atoms with E-state index in [9.17, 15) is 14.9 Å². The number of nitro benzene ring substituents is 1. The predicted octanol–water partition coefficient (Wildman–Crippen LogP) is 3.95. The highest BCUT2D eigenvalue weighted by Crippen LogP contribution is 2.29. The molecule has 2 aromatic carbocycles. The van der Waals surface area contributed by atoms with E-state index in [1.807, 2.05) is 37.3 Å². The molecule has 0 saturated heterocycles. The number of anilines is 1. The van der Waals surface area contributed by atoms with Crippen LogP contribution in [0.25, 0.3) is 6.08 Å². The highest BCUT2D eigenvalue weighted by Gasteiger charge is 2.16. The summed E-state index contributed by atoms with van der Waals surface area (Å²) in [6.07, 6.45) is 4.88. The number of nitrogens with one attached hydrogen (secondary N) is 1. The molecule has 1 unspecified atom stereocenters. The topological polar surface area (TPSA) is 81.5 Å². The zero-order chi connectivity index (χ0) is 17.8. The lowest BCUT2D eigenvalue weighted by Crippen LogP contribution is -2.18. The van der Waals surface area contributed by atoms with Crippen molar-refractivity contribution in [3.8, 4) is 5.75 Å². The second-order valence-electron chi connectivity index (χ2n) is 5.57. The van der Waals surface area contributed by atoms with Crippen LogP contribution in [-0.2, 0) is 4.79 Å². The monoisotopic (exact) mass is 336 g/mol. The summed E-state index contributed by atoms with van der Waals surface area (Å²) in [5, 5.41) is 13.4. The van der Waals surface area contributed by atoms with E-state index in [0.717, 1.165) is 16.9 Å². The van der Waals surface area contributed by atoms with E-state index < -0.39 is 4.92 Å². The molecule has 6 nitrogen and oxygen atoms in total. The van der Waals surface area contributed by atoms with Crippen LogP contribution in [0.1, 0.15) is 12.5 Å². The van der Waals surface area contributed by atoms with E-state index in [1.54, 1.807) is 12.1 Å². The maximum absolute atomic E-state index is 12.1. The number of nitro groups is 1. The Balaban J connectivity index is 1.72. The van der Waals surface area contributed by atoms with Gasteiger partial charge in [0.15, 0.2) is 0 Å². The largest absolute Gasteiger partial charge is 0.485 e. The molecule has 3 rings (SSSR count). The van der Waals surface area contributed by atoms with E-state index in [-0.39, 0.29) is 17.7 Å². The lowest BCUT2D eigenvalue weighted by Gasteiger charge is -2.22. The molecule has 1 N–H and O–H groups in total. The molecule has 0 spiro atoms. The van der Waals surface area contributed by atoms with Gasteiger partial charge in [0.05, 0.1) is 4.92 Å². The van der Waals surface area contributed by atoms with E-state index in [4.69, 9.17) is 4.74 Å². The fourth-order valence-corrected chi connectivity index (χ4v) is 2.50. The van der Waals surface area contributed by atoms with E-state index in [2.05, 4.69) is 5.32 Å². The lowest BCUT2D eigenvalue weighted by atomic mass is 10.0. The van der Waals surface area contributed by atoms with Gasteiger partial charge in [-0.25, -0.2) is 0 Å². The number of nitrogens with zero attached hydrogens (tertiary/aromatic N) is 1. The Hall–Kier alpha value is -3.41. The van der Waals surface area contributed by atoms with Crippen molar-refractivity contribution in [2.24, 2.45) is 0 Å². The van der Waals surface area contributed by atoms with Crippen molar-refractivity contribution in [1.82, 2.24) is 0 Å². The summed E-state index contributed by atoms with van der Waals surface area (Å²) in [6, 6.07) is 13.5. The number of fused-ring (bicyclic) bond motifs is 1. The summed E-state index contributed by atoms with van der Waals surface area (Å²) in [5.74, 6) is 0.445. The number of para-hydroxylation sites is 1. The molecule has 25 heavy (non-hydrogen) atoms. The first-order valence-corrected chi connectivity index (χ1v) is 7.74. The van der Waals surface area contributed by atoms with Crippen molar-refractivity contribution < 1.29 is 14.5 Å². The van der Waals surface area contributed by atoms with Gasteiger partial charge in [-0.3, -0.25) is 14.9 Å². The van der Waals surface area contributed by atoms with Crippen LogP contribution in [0.2, 0.25) is 0 Å². The summed E-state index contributed by atoms with van der Waals surface area (Å²) in [7, 11) is 0. The van der Waals surface area contributed by atoms with Gasteiger partial charge in [0.2, 0.25) is 5.91 Å². The van der Waals surface area contributed by atoms with E-state index in [1.165, 1.54) is 24.3 Å². The fourth-order valence-electron chi connectivity index (χ4n) is 2.50. The van der Waals surface area contributed by atoms with Gasteiger partial charge < -0.3 is 10.1 Å². The van der Waals surface area contributed by atoms with Crippen molar-refractivity contribution >= 4 is 23.4 Å². The summed E-state index contributed by atoms with van der Waals surface area (Å²) in [5.41, 5.74) is 2.12. The van der Waals surface area contributed by atoms with Crippen LogP contribution < -0.4 is 10.1 Å². The van der Waals surface area contributed by atoms with Gasteiger partial charge in [0, 0.05) is 29.5 Å². The third-order valence-corrected chi connectivity index (χ3v) is 3.77. The molecule has 0 aliphatic carbocycles. The normalized spacial score (nSPS) is 15.9. The highest BCUT2D eigenvalue weighted by molar-refractivity contribution is 5.99. The molecule has 0 fully saturated rings. The smallest absolute Gasteiger partial charge is 0.271 e. The van der Waals surface area contributed by atoms with E-state index >= 15 is 0 Å². The Kier molecular flexibility index (Phi) is 4.61. The SMILES string of the molecule is CC1Oc2ccccc2C=C1/C=C/C(=O)Nc1cccc([N+](=O)[O-])c1. The van der Waals surface area contributed by atoms with Crippen molar-refractivity contribution in [3.05, 3.63) is 81.9 Å². The Morgan fingerprint density at radius 2 is 2.04 bits per heavy atom. The number of amides is 1. The lowest BCUT2D eigenvalue weighted by molar-refractivity contribution is -0.384. The summed E-state index contributed by atoms with van der Waals surface area (Å²) in [4.78, 5) is 22.3. The molecule has 0 bridgehead atoms. The number of hydrogen-bond acceptors (Lipinski definition) is 4. The van der Waals surface area contributed by atoms with Gasteiger partial charge in [-0.05, 0) is 36.8 Å². The predicted molar refractivity (Wildman–Crippen MR) is 95.4 cm³/mol. The molecule has 126 valence electrons. The highest BCUT2D eigenvalue weighted by atomic mass is 16.6. The second-order valence-corrected chi connectivity index (χ2v) is 5.57. The van der Waals surface area contributed by atoms with Gasteiger partial charge in [0.1, 0.15) is 11.9 Å². The third-order valence-electron chi connectivity index (χ3n) is 3.77. The van der Waals surface area contributed by atoms with Crippen molar-refractivity contribution in [3.63, 3.8) is 0 Å². The van der Waals surface area contributed by atoms with Gasteiger partial charge >= 0.3 is 0 Å². The minimum Gasteiger partial charge on any atom is -0.485 e.